The molecule has 2 aliphatic heterocycles. The highest BCUT2D eigenvalue weighted by molar-refractivity contribution is 6.06. The normalized spacial score (nSPS) is 18.6. The average Bonchev–Trinajstić information content (AvgIpc) is 3.11. The maximum absolute atomic E-state index is 12.4. The Morgan fingerprint density at radius 1 is 1.25 bits per heavy atom. The number of esters is 1. The number of carbonyl (C=O) groups is 4. The molecule has 1 aromatic carbocycles. The molecule has 9 heteroatoms. The van der Waals surface area contributed by atoms with Gasteiger partial charge in [-0.2, -0.15) is 0 Å². The van der Waals surface area contributed by atoms with Gasteiger partial charge in [-0.3, -0.25) is 14.9 Å². The van der Waals surface area contributed by atoms with Crippen LogP contribution in [0, 0.1) is 0 Å². The summed E-state index contributed by atoms with van der Waals surface area (Å²) in [4.78, 5) is 50.2. The monoisotopic (exact) mass is 388 g/mol. The summed E-state index contributed by atoms with van der Waals surface area (Å²) >= 11 is 0. The number of fused-ring (bicyclic) bond motifs is 3. The molecule has 0 bridgehead atoms. The van der Waals surface area contributed by atoms with Crippen LogP contribution in [-0.4, -0.2) is 48.5 Å². The number of hydrogen-bond donors (Lipinski definition) is 3. The van der Waals surface area contributed by atoms with Crippen molar-refractivity contribution in [1.82, 2.24) is 10.6 Å². The number of amides is 4. The maximum atomic E-state index is 12.4. The summed E-state index contributed by atoms with van der Waals surface area (Å²) in [5.74, 6) is -1.52. The van der Waals surface area contributed by atoms with Crippen LogP contribution in [0.25, 0.3) is 0 Å². The lowest BCUT2D eigenvalue weighted by Gasteiger charge is -2.33. The molecule has 1 aromatic rings. The van der Waals surface area contributed by atoms with Gasteiger partial charge in [-0.05, 0) is 51.8 Å². The number of hydrogen-bond acceptors (Lipinski definition) is 6. The first-order valence-electron chi connectivity index (χ1n) is 9.30. The molecule has 2 heterocycles. The van der Waals surface area contributed by atoms with Gasteiger partial charge >= 0.3 is 12.0 Å². The number of anilines is 2. The van der Waals surface area contributed by atoms with Gasteiger partial charge in [0.15, 0.2) is 6.10 Å². The fourth-order valence-corrected chi connectivity index (χ4v) is 3.35. The molecular formula is C19H24N4O5. The Labute approximate surface area is 162 Å². The van der Waals surface area contributed by atoms with Gasteiger partial charge in [0.25, 0.3) is 5.91 Å². The minimum atomic E-state index is -1.15. The van der Waals surface area contributed by atoms with E-state index in [1.807, 2.05) is 4.90 Å². The van der Waals surface area contributed by atoms with E-state index in [0.29, 0.717) is 5.69 Å². The quantitative estimate of drug-likeness (QED) is 0.671. The zero-order valence-electron chi connectivity index (χ0n) is 16.1. The number of benzene rings is 1. The van der Waals surface area contributed by atoms with Gasteiger partial charge in [0.1, 0.15) is 6.04 Å². The Morgan fingerprint density at radius 3 is 2.71 bits per heavy atom. The number of ether oxygens (including phenoxy) is 1. The van der Waals surface area contributed by atoms with Gasteiger partial charge in [0, 0.05) is 12.6 Å². The molecule has 3 rings (SSSR count). The number of carbonyl (C=O) groups excluding carboxylic acids is 4. The van der Waals surface area contributed by atoms with Crippen molar-refractivity contribution in [2.45, 2.75) is 51.8 Å². The number of imide groups is 1. The summed E-state index contributed by atoms with van der Waals surface area (Å²) < 4.78 is 5.15. The lowest BCUT2D eigenvalue weighted by Crippen LogP contribution is -2.46. The van der Waals surface area contributed by atoms with E-state index in [-0.39, 0.29) is 23.6 Å². The first kappa shape index (κ1) is 19.7. The largest absolute Gasteiger partial charge is 0.449 e. The van der Waals surface area contributed by atoms with E-state index in [0.717, 1.165) is 25.1 Å². The Balaban J connectivity index is 1.65. The molecule has 3 N–H and O–H groups in total. The van der Waals surface area contributed by atoms with Crippen molar-refractivity contribution in [2.75, 3.05) is 16.8 Å². The number of nitrogens with one attached hydrogen (secondary N) is 3. The first-order chi connectivity index (χ1) is 13.3. The summed E-state index contributed by atoms with van der Waals surface area (Å²) in [7, 11) is 0. The third kappa shape index (κ3) is 4.08. The smallest absolute Gasteiger partial charge is 0.338 e. The Bertz CT molecular complexity index is 823. The lowest BCUT2D eigenvalue weighted by atomic mass is 10.1. The molecule has 0 saturated carbocycles. The predicted molar refractivity (Wildman–Crippen MR) is 102 cm³/mol. The molecule has 0 radical (unpaired) electrons. The second-order valence-electron chi connectivity index (χ2n) is 7.24. The number of nitrogens with zero attached hydrogens (tertiary/aromatic N) is 1. The van der Waals surface area contributed by atoms with E-state index < -0.39 is 24.0 Å². The van der Waals surface area contributed by atoms with Crippen molar-refractivity contribution in [3.8, 4) is 0 Å². The van der Waals surface area contributed by atoms with Crippen LogP contribution in [0.3, 0.4) is 0 Å². The van der Waals surface area contributed by atoms with Gasteiger partial charge in [0.2, 0.25) is 5.91 Å². The summed E-state index contributed by atoms with van der Waals surface area (Å²) in [6.07, 6.45) is 0.601. The van der Waals surface area contributed by atoms with E-state index in [9.17, 15) is 19.2 Å². The van der Waals surface area contributed by atoms with Gasteiger partial charge in [-0.15, -0.1) is 0 Å². The van der Waals surface area contributed by atoms with Crippen molar-refractivity contribution in [1.29, 1.82) is 0 Å². The molecule has 150 valence electrons. The van der Waals surface area contributed by atoms with Gasteiger partial charge < -0.3 is 20.3 Å². The van der Waals surface area contributed by atoms with Crippen LogP contribution >= 0.6 is 0 Å². The van der Waals surface area contributed by atoms with Crippen LogP contribution < -0.4 is 20.9 Å². The maximum Gasteiger partial charge on any atom is 0.338 e. The van der Waals surface area contributed by atoms with Crippen LogP contribution in [0.4, 0.5) is 16.2 Å². The molecule has 2 aliphatic rings. The first-order valence-corrected chi connectivity index (χ1v) is 9.30. The molecule has 0 spiro atoms. The van der Waals surface area contributed by atoms with Crippen LogP contribution in [0.15, 0.2) is 18.2 Å². The molecule has 0 aliphatic carbocycles. The molecule has 28 heavy (non-hydrogen) atoms. The highest BCUT2D eigenvalue weighted by Crippen LogP contribution is 2.37. The molecule has 1 saturated heterocycles. The van der Waals surface area contributed by atoms with Gasteiger partial charge in [-0.1, -0.05) is 0 Å². The van der Waals surface area contributed by atoms with Gasteiger partial charge in [0.05, 0.1) is 16.9 Å². The highest BCUT2D eigenvalue weighted by Gasteiger charge is 2.36. The number of rotatable bonds is 4. The van der Waals surface area contributed by atoms with E-state index in [2.05, 4.69) is 16.0 Å². The summed E-state index contributed by atoms with van der Waals surface area (Å²) in [6.45, 7) is 5.69. The third-order valence-corrected chi connectivity index (χ3v) is 4.66. The topological polar surface area (TPSA) is 117 Å². The van der Waals surface area contributed by atoms with Crippen molar-refractivity contribution in [2.24, 2.45) is 0 Å². The molecule has 0 aromatic heterocycles. The molecule has 9 nitrogen and oxygen atoms in total. The Hall–Kier alpha value is -3.10. The second kappa shape index (κ2) is 7.87. The van der Waals surface area contributed by atoms with Crippen LogP contribution in [0.2, 0.25) is 0 Å². The molecule has 0 unspecified atom stereocenters. The second-order valence-corrected chi connectivity index (χ2v) is 7.24. The minimum Gasteiger partial charge on any atom is -0.449 e. The van der Waals surface area contributed by atoms with Crippen LogP contribution in [0.1, 0.15) is 44.0 Å². The van der Waals surface area contributed by atoms with Gasteiger partial charge in [-0.25, -0.2) is 9.59 Å². The summed E-state index contributed by atoms with van der Waals surface area (Å²) in [5, 5.41) is 7.46. The fourth-order valence-electron chi connectivity index (χ4n) is 3.35. The standard InChI is InChI=1S/C19H24N4O5/c1-10(2)20-19(27)22-16(24)11(3)28-18(26)12-6-7-14-13(9-12)21-17(25)15-5-4-8-23(14)15/h6-7,9-11,15H,4-5,8H2,1-3H3,(H,21,25)(H2,20,22,24,27)/t11-,15+/m0/s1. The lowest BCUT2D eigenvalue weighted by molar-refractivity contribution is -0.127. The number of urea groups is 1. The summed E-state index contributed by atoms with van der Waals surface area (Å²) in [5.41, 5.74) is 1.63. The minimum absolute atomic E-state index is 0.0839. The molecule has 2 atom stereocenters. The van der Waals surface area contributed by atoms with Crippen LogP contribution in [-0.2, 0) is 14.3 Å². The third-order valence-electron chi connectivity index (χ3n) is 4.66. The Kier molecular flexibility index (Phi) is 5.53. The SMILES string of the molecule is CC(C)NC(=O)NC(=O)[C@H](C)OC(=O)c1ccc2c(c1)NC(=O)[C@H]1CCCN21. The highest BCUT2D eigenvalue weighted by atomic mass is 16.5. The Morgan fingerprint density at radius 2 is 2.00 bits per heavy atom. The fraction of sp³-hybridized carbons (Fsp3) is 0.474. The average molecular weight is 388 g/mol. The van der Waals surface area contributed by atoms with Crippen molar-refractivity contribution < 1.29 is 23.9 Å². The van der Waals surface area contributed by atoms with Crippen LogP contribution in [0.5, 0.6) is 0 Å². The molecule has 1 fully saturated rings. The zero-order chi connectivity index (χ0) is 20.4. The zero-order valence-corrected chi connectivity index (χ0v) is 16.1. The van der Waals surface area contributed by atoms with Crippen molar-refractivity contribution >= 4 is 35.2 Å². The van der Waals surface area contributed by atoms with Crippen molar-refractivity contribution in [3.05, 3.63) is 23.8 Å². The summed E-state index contributed by atoms with van der Waals surface area (Å²) in [6, 6.07) is 3.96. The molecular weight excluding hydrogens is 364 g/mol. The predicted octanol–water partition coefficient (Wildman–Crippen LogP) is 1.39. The van der Waals surface area contributed by atoms with E-state index in [4.69, 9.17) is 4.74 Å². The van der Waals surface area contributed by atoms with Crippen molar-refractivity contribution in [3.63, 3.8) is 0 Å². The molecule has 4 amide bonds. The van der Waals surface area contributed by atoms with E-state index >= 15 is 0 Å². The van der Waals surface area contributed by atoms with E-state index in [1.165, 1.54) is 6.92 Å². The van der Waals surface area contributed by atoms with E-state index in [1.54, 1.807) is 32.0 Å².